The van der Waals surface area contributed by atoms with Crippen molar-refractivity contribution in [1.82, 2.24) is 0 Å². The molecule has 50 heavy (non-hydrogen) atoms. The Kier molecular flexibility index (Phi) is 14.8. The number of unbranched alkanes of at least 4 members (excludes halogenated alkanes) is 1. The van der Waals surface area contributed by atoms with E-state index < -0.39 is 24.1 Å². The molecule has 1 fully saturated rings. The van der Waals surface area contributed by atoms with Crippen molar-refractivity contribution in [3.63, 3.8) is 0 Å². The number of hydrogen-bond donors (Lipinski definition) is 0. The summed E-state index contributed by atoms with van der Waals surface area (Å²) in [4.78, 5) is 12.8. The number of carbonyl (C=O) groups is 1. The van der Waals surface area contributed by atoms with E-state index in [2.05, 4.69) is 95.3 Å². The molecule has 3 aromatic rings. The third kappa shape index (κ3) is 10.3. The highest BCUT2D eigenvalue weighted by atomic mass is 32.2. The van der Waals surface area contributed by atoms with Crippen LogP contribution in [0, 0.1) is 18.8 Å². The van der Waals surface area contributed by atoms with Crippen molar-refractivity contribution in [2.24, 2.45) is 11.8 Å². The van der Waals surface area contributed by atoms with Crippen LogP contribution >= 0.6 is 0 Å². The second-order valence-corrected chi connectivity index (χ2v) is 21.5. The van der Waals surface area contributed by atoms with Crippen LogP contribution in [0.5, 0.6) is 5.75 Å². The van der Waals surface area contributed by atoms with Gasteiger partial charge in [-0.25, -0.2) is 8.42 Å². The number of aryl methyl sites for hydroxylation is 1. The Morgan fingerprint density at radius 2 is 1.56 bits per heavy atom. The summed E-state index contributed by atoms with van der Waals surface area (Å²) in [5.74, 6) is 0.148. The molecular formula is C42H60O6SSi. The van der Waals surface area contributed by atoms with E-state index in [4.69, 9.17) is 13.9 Å². The highest BCUT2D eigenvalue weighted by molar-refractivity contribution is 7.91. The van der Waals surface area contributed by atoms with Gasteiger partial charge in [0.25, 0.3) is 8.32 Å². The SMILES string of the molecule is CCCC[C@@H](CC)COC(=O)CCS(=O)(=O)c1ccc(C)cc1O[C@@H]1CCCC[C@H]1CCO[Si](c1ccccc1)(c1ccccc1)C(C)(C)C. The van der Waals surface area contributed by atoms with Crippen LogP contribution in [0.2, 0.25) is 5.04 Å². The van der Waals surface area contributed by atoms with Gasteiger partial charge in [-0.15, -0.1) is 0 Å². The maximum atomic E-state index is 13.7. The second kappa shape index (κ2) is 18.5. The number of carbonyl (C=O) groups excluding carboxylic acids is 1. The minimum atomic E-state index is -3.79. The van der Waals surface area contributed by atoms with Crippen molar-refractivity contribution in [3.05, 3.63) is 84.4 Å². The number of sulfone groups is 1. The summed E-state index contributed by atoms with van der Waals surface area (Å²) in [6.07, 6.45) is 8.68. The molecule has 0 unspecified atom stereocenters. The van der Waals surface area contributed by atoms with Crippen LogP contribution < -0.4 is 15.1 Å². The first-order valence-corrected chi connectivity index (χ1v) is 22.4. The zero-order chi connectivity index (χ0) is 36.2. The third-order valence-corrected chi connectivity index (χ3v) is 17.2. The lowest BCUT2D eigenvalue weighted by atomic mass is 9.84. The Balaban J connectivity index is 1.48. The van der Waals surface area contributed by atoms with Gasteiger partial charge in [-0.2, -0.15) is 0 Å². The average molecular weight is 721 g/mol. The van der Waals surface area contributed by atoms with Crippen molar-refractivity contribution in [2.45, 2.75) is 122 Å². The van der Waals surface area contributed by atoms with E-state index in [0.717, 1.165) is 63.4 Å². The molecule has 0 aromatic heterocycles. The van der Waals surface area contributed by atoms with Crippen molar-refractivity contribution >= 4 is 34.5 Å². The Labute approximate surface area is 303 Å². The fourth-order valence-electron chi connectivity index (χ4n) is 7.42. The minimum Gasteiger partial charge on any atom is -0.489 e. The molecule has 1 aliphatic carbocycles. The number of esters is 1. The van der Waals surface area contributed by atoms with Gasteiger partial charge in [-0.3, -0.25) is 4.79 Å². The Bertz CT molecular complexity index is 1550. The molecule has 8 heteroatoms. The van der Waals surface area contributed by atoms with Gasteiger partial charge in [-0.1, -0.05) is 127 Å². The predicted octanol–water partition coefficient (Wildman–Crippen LogP) is 8.82. The van der Waals surface area contributed by atoms with Crippen molar-refractivity contribution in [2.75, 3.05) is 19.0 Å². The molecule has 0 heterocycles. The lowest BCUT2D eigenvalue weighted by Gasteiger charge is -2.43. The second-order valence-electron chi connectivity index (χ2n) is 15.1. The lowest BCUT2D eigenvalue weighted by molar-refractivity contribution is -0.144. The minimum absolute atomic E-state index is 0.109. The lowest BCUT2D eigenvalue weighted by Crippen LogP contribution is -2.66. The normalized spacial score (nSPS) is 17.6. The van der Waals surface area contributed by atoms with E-state index >= 15 is 0 Å². The van der Waals surface area contributed by atoms with Crippen molar-refractivity contribution < 1.29 is 27.1 Å². The van der Waals surface area contributed by atoms with Gasteiger partial charge in [0, 0.05) is 6.61 Å². The van der Waals surface area contributed by atoms with E-state index in [1.807, 2.05) is 13.0 Å². The summed E-state index contributed by atoms with van der Waals surface area (Å²) >= 11 is 0. The highest BCUT2D eigenvalue weighted by Gasteiger charge is 2.50. The van der Waals surface area contributed by atoms with Crippen LogP contribution in [0.1, 0.15) is 104 Å². The molecule has 0 amide bonds. The van der Waals surface area contributed by atoms with Crippen LogP contribution in [-0.2, 0) is 23.8 Å². The van der Waals surface area contributed by atoms with Gasteiger partial charge >= 0.3 is 5.97 Å². The quantitative estimate of drug-likeness (QED) is 0.0966. The molecule has 1 aliphatic rings. The van der Waals surface area contributed by atoms with Crippen molar-refractivity contribution in [3.8, 4) is 5.75 Å². The summed E-state index contributed by atoms with van der Waals surface area (Å²) in [7, 11) is -6.46. The van der Waals surface area contributed by atoms with Crippen LogP contribution in [-0.4, -0.2) is 47.8 Å². The number of benzene rings is 3. The van der Waals surface area contributed by atoms with E-state index in [1.165, 1.54) is 10.4 Å². The molecule has 0 saturated heterocycles. The molecule has 0 aliphatic heterocycles. The highest BCUT2D eigenvalue weighted by Crippen LogP contribution is 2.38. The largest absolute Gasteiger partial charge is 0.489 e. The molecule has 4 rings (SSSR count). The smallest absolute Gasteiger partial charge is 0.306 e. The number of rotatable bonds is 18. The maximum absolute atomic E-state index is 13.7. The molecule has 0 N–H and O–H groups in total. The van der Waals surface area contributed by atoms with E-state index in [0.29, 0.717) is 24.9 Å². The molecule has 0 radical (unpaired) electrons. The molecule has 274 valence electrons. The van der Waals surface area contributed by atoms with Crippen LogP contribution in [0.4, 0.5) is 0 Å². The summed E-state index contributed by atoms with van der Waals surface area (Å²) in [6.45, 7) is 14.0. The fraction of sp³-hybridized carbons (Fsp3) is 0.548. The standard InChI is InChI=1S/C42H60O6SSi/c1-7-9-18-34(8-2)32-46-41(43)28-30-49(44,45)40-26-25-33(3)31-39(40)48-38-24-17-16-19-35(38)27-29-47-50(42(4,5)6,36-20-12-10-13-21-36)37-22-14-11-15-23-37/h10-15,20-23,25-26,31,34-35,38H,7-9,16-19,24,27-30,32H2,1-6H3/t34-,35+,38-/m1/s1. The van der Waals surface area contributed by atoms with E-state index in [1.54, 1.807) is 12.1 Å². The zero-order valence-electron chi connectivity index (χ0n) is 31.3. The molecule has 0 bridgehead atoms. The molecule has 0 spiro atoms. The molecule has 3 aromatic carbocycles. The van der Waals surface area contributed by atoms with Gasteiger partial charge in [0.1, 0.15) is 16.7 Å². The van der Waals surface area contributed by atoms with Gasteiger partial charge in [0.2, 0.25) is 0 Å². The molecular weight excluding hydrogens is 661 g/mol. The monoisotopic (exact) mass is 720 g/mol. The predicted molar refractivity (Wildman–Crippen MR) is 207 cm³/mol. The fourth-order valence-corrected chi connectivity index (χ4v) is 13.3. The summed E-state index contributed by atoms with van der Waals surface area (Å²) in [5, 5.41) is 2.41. The Hall–Kier alpha value is -2.94. The number of ether oxygens (including phenoxy) is 2. The zero-order valence-corrected chi connectivity index (χ0v) is 33.1. The van der Waals surface area contributed by atoms with Gasteiger partial charge in [0.15, 0.2) is 9.84 Å². The van der Waals surface area contributed by atoms with Gasteiger partial charge in [-0.05, 0) is 84.0 Å². The first kappa shape index (κ1) is 39.8. The van der Waals surface area contributed by atoms with Crippen LogP contribution in [0.15, 0.2) is 83.8 Å². The Morgan fingerprint density at radius 3 is 2.16 bits per heavy atom. The Morgan fingerprint density at radius 1 is 0.920 bits per heavy atom. The molecule has 6 nitrogen and oxygen atoms in total. The topological polar surface area (TPSA) is 78.9 Å². The third-order valence-electron chi connectivity index (χ3n) is 10.4. The van der Waals surface area contributed by atoms with Crippen LogP contribution in [0.3, 0.4) is 0 Å². The molecule has 3 atom stereocenters. The first-order chi connectivity index (χ1) is 23.9. The number of hydrogen-bond acceptors (Lipinski definition) is 6. The first-order valence-electron chi connectivity index (χ1n) is 18.8. The molecule has 1 saturated carbocycles. The maximum Gasteiger partial charge on any atom is 0.306 e. The van der Waals surface area contributed by atoms with Crippen LogP contribution in [0.25, 0.3) is 0 Å². The van der Waals surface area contributed by atoms with Crippen molar-refractivity contribution in [1.29, 1.82) is 0 Å². The summed E-state index contributed by atoms with van der Waals surface area (Å²) in [5.41, 5.74) is 0.929. The van der Waals surface area contributed by atoms with E-state index in [9.17, 15) is 13.2 Å². The van der Waals surface area contributed by atoms with Gasteiger partial charge in [0.05, 0.1) is 18.8 Å². The van der Waals surface area contributed by atoms with E-state index in [-0.39, 0.29) is 34.1 Å². The van der Waals surface area contributed by atoms with Gasteiger partial charge < -0.3 is 13.9 Å². The summed E-state index contributed by atoms with van der Waals surface area (Å²) < 4.78 is 46.8. The summed E-state index contributed by atoms with van der Waals surface area (Å²) in [6, 6.07) is 26.6. The average Bonchev–Trinajstić information content (AvgIpc) is 3.10.